The molecule has 24 heavy (non-hydrogen) atoms. The average molecular weight is 322 g/mol. The summed E-state index contributed by atoms with van der Waals surface area (Å²) in [6, 6.07) is 4.10. The van der Waals surface area contributed by atoms with Crippen LogP contribution in [0.3, 0.4) is 0 Å². The standard InChI is InChI=1S/C19H22N4O/c1-4-5-15-9-16(11-20-10-15)12-23-7-6-21-18(23)17-8-14(2)19(24)22(3)13-17/h6-11,13H,4-5,12H2,1-3H3. The van der Waals surface area contributed by atoms with Crippen molar-refractivity contribution in [3.05, 3.63) is 70.2 Å². The number of hydrogen-bond donors (Lipinski definition) is 0. The maximum absolute atomic E-state index is 11.9. The molecule has 0 unspecified atom stereocenters. The lowest BCUT2D eigenvalue weighted by Crippen LogP contribution is -2.18. The highest BCUT2D eigenvalue weighted by Crippen LogP contribution is 2.18. The summed E-state index contributed by atoms with van der Waals surface area (Å²) in [5.41, 5.74) is 4.10. The topological polar surface area (TPSA) is 52.7 Å². The van der Waals surface area contributed by atoms with Crippen molar-refractivity contribution in [1.82, 2.24) is 19.1 Å². The molecular formula is C19H22N4O. The van der Waals surface area contributed by atoms with E-state index in [4.69, 9.17) is 0 Å². The van der Waals surface area contributed by atoms with Crippen LogP contribution in [0.1, 0.15) is 30.0 Å². The van der Waals surface area contributed by atoms with E-state index in [2.05, 4.69) is 27.5 Å². The Morgan fingerprint density at radius 1 is 1.17 bits per heavy atom. The van der Waals surface area contributed by atoms with Gasteiger partial charge in [0.15, 0.2) is 0 Å². The molecule has 124 valence electrons. The van der Waals surface area contributed by atoms with Crippen LogP contribution in [0.15, 0.2) is 47.9 Å². The van der Waals surface area contributed by atoms with Crippen molar-refractivity contribution < 1.29 is 0 Å². The van der Waals surface area contributed by atoms with Crippen molar-refractivity contribution in [3.8, 4) is 11.4 Å². The minimum atomic E-state index is 0.0216. The summed E-state index contributed by atoms with van der Waals surface area (Å²) < 4.78 is 3.69. The van der Waals surface area contributed by atoms with Crippen LogP contribution in [-0.2, 0) is 20.0 Å². The van der Waals surface area contributed by atoms with Gasteiger partial charge in [-0.25, -0.2) is 4.98 Å². The van der Waals surface area contributed by atoms with E-state index in [1.165, 1.54) is 5.56 Å². The average Bonchev–Trinajstić information content (AvgIpc) is 3.01. The van der Waals surface area contributed by atoms with Crippen LogP contribution in [0.25, 0.3) is 11.4 Å². The Hall–Kier alpha value is -2.69. The van der Waals surface area contributed by atoms with Crippen LogP contribution in [0.2, 0.25) is 0 Å². The fourth-order valence-electron chi connectivity index (χ4n) is 2.95. The highest BCUT2D eigenvalue weighted by atomic mass is 16.1. The van der Waals surface area contributed by atoms with E-state index in [0.717, 1.165) is 35.4 Å². The first kappa shape index (κ1) is 16.2. The van der Waals surface area contributed by atoms with Crippen molar-refractivity contribution >= 4 is 0 Å². The smallest absolute Gasteiger partial charge is 0.253 e. The summed E-state index contributed by atoms with van der Waals surface area (Å²) in [5.74, 6) is 0.856. The minimum Gasteiger partial charge on any atom is -0.326 e. The van der Waals surface area contributed by atoms with Crippen molar-refractivity contribution in [1.29, 1.82) is 0 Å². The van der Waals surface area contributed by atoms with E-state index in [-0.39, 0.29) is 5.56 Å². The zero-order valence-electron chi connectivity index (χ0n) is 14.4. The van der Waals surface area contributed by atoms with Gasteiger partial charge in [0.2, 0.25) is 0 Å². The van der Waals surface area contributed by atoms with Gasteiger partial charge < -0.3 is 9.13 Å². The maximum atomic E-state index is 11.9. The van der Waals surface area contributed by atoms with Crippen LogP contribution in [-0.4, -0.2) is 19.1 Å². The molecule has 5 nitrogen and oxygen atoms in total. The number of aryl methyl sites for hydroxylation is 3. The number of rotatable bonds is 5. The van der Waals surface area contributed by atoms with E-state index in [1.807, 2.05) is 37.8 Å². The minimum absolute atomic E-state index is 0.0216. The molecule has 3 rings (SSSR count). The van der Waals surface area contributed by atoms with Crippen LogP contribution in [0.4, 0.5) is 0 Å². The van der Waals surface area contributed by atoms with Gasteiger partial charge in [-0.05, 0) is 30.5 Å². The Labute approximate surface area is 141 Å². The molecular weight excluding hydrogens is 300 g/mol. The first-order valence-electron chi connectivity index (χ1n) is 8.20. The lowest BCUT2D eigenvalue weighted by molar-refractivity contribution is 0.790. The lowest BCUT2D eigenvalue weighted by Gasteiger charge is -2.10. The van der Waals surface area contributed by atoms with Gasteiger partial charge in [-0.2, -0.15) is 0 Å². The molecule has 0 fully saturated rings. The number of nitrogens with zero attached hydrogens (tertiary/aromatic N) is 4. The first-order chi connectivity index (χ1) is 11.6. The van der Waals surface area contributed by atoms with Gasteiger partial charge in [0.25, 0.3) is 5.56 Å². The van der Waals surface area contributed by atoms with E-state index in [1.54, 1.807) is 17.8 Å². The highest BCUT2D eigenvalue weighted by Gasteiger charge is 2.10. The van der Waals surface area contributed by atoms with Crippen molar-refractivity contribution in [2.45, 2.75) is 33.2 Å². The molecule has 3 aromatic rings. The molecule has 3 heterocycles. The molecule has 0 atom stereocenters. The van der Waals surface area contributed by atoms with Crippen LogP contribution in [0.5, 0.6) is 0 Å². The second-order valence-corrected chi connectivity index (χ2v) is 6.16. The first-order valence-corrected chi connectivity index (χ1v) is 8.20. The molecule has 5 heteroatoms. The van der Waals surface area contributed by atoms with Gasteiger partial charge in [0.1, 0.15) is 5.82 Å². The number of imidazole rings is 1. The van der Waals surface area contributed by atoms with Gasteiger partial charge in [-0.3, -0.25) is 9.78 Å². The van der Waals surface area contributed by atoms with Crippen LogP contribution < -0.4 is 5.56 Å². The summed E-state index contributed by atoms with van der Waals surface area (Å²) in [6.45, 7) is 4.71. The maximum Gasteiger partial charge on any atom is 0.253 e. The van der Waals surface area contributed by atoms with Gasteiger partial charge in [0.05, 0.1) is 6.54 Å². The SMILES string of the molecule is CCCc1cncc(Cn2ccnc2-c2cc(C)c(=O)n(C)c2)c1. The Bertz CT molecular complexity index is 881. The Balaban J connectivity index is 1.94. The molecule has 0 aliphatic rings. The lowest BCUT2D eigenvalue weighted by atomic mass is 10.1. The van der Waals surface area contributed by atoms with E-state index in [0.29, 0.717) is 6.54 Å². The Morgan fingerprint density at radius 3 is 2.71 bits per heavy atom. The van der Waals surface area contributed by atoms with Crippen molar-refractivity contribution in [2.75, 3.05) is 0 Å². The van der Waals surface area contributed by atoms with Gasteiger partial charge in [-0.1, -0.05) is 19.4 Å². The fourth-order valence-corrected chi connectivity index (χ4v) is 2.95. The third-order valence-corrected chi connectivity index (χ3v) is 4.08. The Morgan fingerprint density at radius 2 is 1.96 bits per heavy atom. The second-order valence-electron chi connectivity index (χ2n) is 6.16. The number of pyridine rings is 2. The van der Waals surface area contributed by atoms with Gasteiger partial charge >= 0.3 is 0 Å². The molecule has 0 N–H and O–H groups in total. The third kappa shape index (κ3) is 3.30. The van der Waals surface area contributed by atoms with Crippen molar-refractivity contribution in [3.63, 3.8) is 0 Å². The molecule has 0 saturated carbocycles. The highest BCUT2D eigenvalue weighted by molar-refractivity contribution is 5.55. The quantitative estimate of drug-likeness (QED) is 0.726. The monoisotopic (exact) mass is 322 g/mol. The summed E-state index contributed by atoms with van der Waals surface area (Å²) in [5, 5.41) is 0. The zero-order valence-corrected chi connectivity index (χ0v) is 14.4. The van der Waals surface area contributed by atoms with Gasteiger partial charge in [-0.15, -0.1) is 0 Å². The number of aromatic nitrogens is 4. The number of hydrogen-bond acceptors (Lipinski definition) is 3. The van der Waals surface area contributed by atoms with E-state index < -0.39 is 0 Å². The second kappa shape index (κ2) is 6.83. The normalized spacial score (nSPS) is 11.0. The van der Waals surface area contributed by atoms with Crippen molar-refractivity contribution in [2.24, 2.45) is 7.05 Å². The van der Waals surface area contributed by atoms with E-state index in [9.17, 15) is 4.79 Å². The summed E-state index contributed by atoms with van der Waals surface area (Å²) in [6.07, 6.45) is 11.6. The van der Waals surface area contributed by atoms with Gasteiger partial charge in [0, 0.05) is 49.2 Å². The third-order valence-electron chi connectivity index (χ3n) is 4.08. The molecule has 3 aromatic heterocycles. The molecule has 0 amide bonds. The molecule has 0 aromatic carbocycles. The van der Waals surface area contributed by atoms with Crippen LogP contribution >= 0.6 is 0 Å². The predicted octanol–water partition coefficient (Wildman–Crippen LogP) is 2.95. The van der Waals surface area contributed by atoms with Crippen LogP contribution in [0, 0.1) is 6.92 Å². The fraction of sp³-hybridized carbons (Fsp3) is 0.316. The summed E-state index contributed by atoms with van der Waals surface area (Å²) in [4.78, 5) is 20.7. The zero-order chi connectivity index (χ0) is 17.1. The molecule has 0 spiro atoms. The molecule has 0 saturated heterocycles. The van der Waals surface area contributed by atoms with E-state index >= 15 is 0 Å². The molecule has 0 aliphatic heterocycles. The largest absolute Gasteiger partial charge is 0.326 e. The summed E-state index contributed by atoms with van der Waals surface area (Å²) in [7, 11) is 1.77. The molecule has 0 bridgehead atoms. The Kier molecular flexibility index (Phi) is 4.60. The predicted molar refractivity (Wildman–Crippen MR) is 95.0 cm³/mol. The summed E-state index contributed by atoms with van der Waals surface area (Å²) >= 11 is 0. The molecule has 0 aliphatic carbocycles. The molecule has 0 radical (unpaired) electrons.